The van der Waals surface area contributed by atoms with Crippen molar-refractivity contribution in [1.82, 2.24) is 9.78 Å². The van der Waals surface area contributed by atoms with E-state index in [1.807, 2.05) is 75.4 Å². The lowest BCUT2D eigenvalue weighted by Crippen LogP contribution is -2.29. The average Bonchev–Trinajstić information content (AvgIpc) is 3.39. The maximum Gasteiger partial charge on any atom is 0.346 e. The summed E-state index contributed by atoms with van der Waals surface area (Å²) in [6.07, 6.45) is 1.74. The number of nitrogens with zero attached hydrogens (tertiary/aromatic N) is 2. The molecule has 0 fully saturated rings. The molecule has 7 heteroatoms. The van der Waals surface area contributed by atoms with E-state index in [0.717, 1.165) is 33.6 Å². The van der Waals surface area contributed by atoms with Crippen molar-refractivity contribution in [2.45, 2.75) is 46.3 Å². The fraction of sp³-hybridized carbons (Fsp3) is 0.241. The molecule has 1 aromatic heterocycles. The maximum atomic E-state index is 13.4. The molecule has 0 bridgehead atoms. The van der Waals surface area contributed by atoms with Gasteiger partial charge in [0.25, 0.3) is 0 Å². The van der Waals surface area contributed by atoms with Gasteiger partial charge in [-0.15, -0.1) is 0 Å². The van der Waals surface area contributed by atoms with Gasteiger partial charge in [0.15, 0.2) is 11.5 Å². The summed E-state index contributed by atoms with van der Waals surface area (Å²) in [5.74, 6) is 0.762. The number of aromatic nitrogens is 2. The van der Waals surface area contributed by atoms with E-state index in [-0.39, 0.29) is 11.9 Å². The normalized spacial score (nSPS) is 13.8. The molecule has 0 saturated carbocycles. The van der Waals surface area contributed by atoms with Crippen LogP contribution in [0.5, 0.6) is 11.5 Å². The van der Waals surface area contributed by atoms with Crippen LogP contribution in [0.15, 0.2) is 66.9 Å². The summed E-state index contributed by atoms with van der Waals surface area (Å²) in [5.41, 5.74) is 6.12. The van der Waals surface area contributed by atoms with Crippen LogP contribution in [-0.4, -0.2) is 21.6 Å². The zero-order valence-corrected chi connectivity index (χ0v) is 21.7. The van der Waals surface area contributed by atoms with E-state index in [0.29, 0.717) is 22.2 Å². The van der Waals surface area contributed by atoms with Crippen molar-refractivity contribution in [3.63, 3.8) is 0 Å². The SMILES string of the molecule is Cc1ccc(-c2nn(C(=O)Nc3cc4c(c(C(C)C)c3)OC(C)(C)O4)cc2-c2ccc(Cl)cc2)cc1. The van der Waals surface area contributed by atoms with Crippen LogP contribution in [0.25, 0.3) is 22.4 Å². The summed E-state index contributed by atoms with van der Waals surface area (Å²) in [6, 6.07) is 18.9. The Morgan fingerprint density at radius 2 is 1.67 bits per heavy atom. The van der Waals surface area contributed by atoms with E-state index in [4.69, 9.17) is 21.1 Å². The molecule has 36 heavy (non-hydrogen) atoms. The molecule has 2 heterocycles. The first-order valence-corrected chi connectivity index (χ1v) is 12.3. The molecule has 1 N–H and O–H groups in total. The predicted molar refractivity (Wildman–Crippen MR) is 143 cm³/mol. The van der Waals surface area contributed by atoms with Crippen LogP contribution < -0.4 is 14.8 Å². The van der Waals surface area contributed by atoms with Crippen LogP contribution in [0, 0.1) is 6.92 Å². The molecular weight excluding hydrogens is 474 g/mol. The molecule has 1 amide bonds. The molecule has 0 atom stereocenters. The number of aryl methyl sites for hydroxylation is 1. The number of carbonyl (C=O) groups is 1. The Bertz CT molecular complexity index is 1380. The second-order valence-electron chi connectivity index (χ2n) is 9.79. The largest absolute Gasteiger partial charge is 0.449 e. The second-order valence-corrected chi connectivity index (χ2v) is 10.2. The van der Waals surface area contributed by atoms with Gasteiger partial charge in [-0.1, -0.05) is 67.4 Å². The van der Waals surface area contributed by atoms with Crippen LogP contribution in [0.2, 0.25) is 5.02 Å². The maximum absolute atomic E-state index is 13.4. The van der Waals surface area contributed by atoms with Gasteiger partial charge in [0, 0.05) is 53.5 Å². The van der Waals surface area contributed by atoms with Crippen molar-refractivity contribution >= 4 is 23.3 Å². The Morgan fingerprint density at radius 1 is 1.00 bits per heavy atom. The van der Waals surface area contributed by atoms with Gasteiger partial charge in [-0.05, 0) is 36.6 Å². The number of rotatable bonds is 4. The van der Waals surface area contributed by atoms with Gasteiger partial charge >= 0.3 is 6.03 Å². The molecule has 3 aromatic carbocycles. The van der Waals surface area contributed by atoms with Gasteiger partial charge in [0.1, 0.15) is 5.69 Å². The summed E-state index contributed by atoms with van der Waals surface area (Å²) < 4.78 is 13.3. The minimum Gasteiger partial charge on any atom is -0.449 e. The number of hydrogen-bond donors (Lipinski definition) is 1. The number of anilines is 1. The van der Waals surface area contributed by atoms with Crippen LogP contribution in [0.4, 0.5) is 10.5 Å². The zero-order valence-electron chi connectivity index (χ0n) is 20.9. The lowest BCUT2D eigenvalue weighted by Gasteiger charge is -2.17. The van der Waals surface area contributed by atoms with Gasteiger partial charge in [-0.25, -0.2) is 4.79 Å². The van der Waals surface area contributed by atoms with Gasteiger partial charge < -0.3 is 14.8 Å². The lowest BCUT2D eigenvalue weighted by atomic mass is 10.0. The van der Waals surface area contributed by atoms with E-state index >= 15 is 0 Å². The highest BCUT2D eigenvalue weighted by Gasteiger charge is 2.34. The van der Waals surface area contributed by atoms with Gasteiger partial charge in [-0.2, -0.15) is 9.78 Å². The quantitative estimate of drug-likeness (QED) is 0.308. The zero-order chi connectivity index (χ0) is 25.6. The molecule has 0 saturated heterocycles. The minimum atomic E-state index is -0.757. The first-order chi connectivity index (χ1) is 17.1. The van der Waals surface area contributed by atoms with E-state index in [1.165, 1.54) is 4.68 Å². The van der Waals surface area contributed by atoms with Crippen molar-refractivity contribution in [2.24, 2.45) is 0 Å². The highest BCUT2D eigenvalue weighted by atomic mass is 35.5. The highest BCUT2D eigenvalue weighted by molar-refractivity contribution is 6.30. The molecule has 0 unspecified atom stereocenters. The van der Waals surface area contributed by atoms with Gasteiger partial charge in [0.05, 0.1) is 0 Å². The van der Waals surface area contributed by atoms with E-state index in [1.54, 1.807) is 12.3 Å². The number of ether oxygens (including phenoxy) is 2. The molecular formula is C29H28ClN3O3. The number of amides is 1. The molecule has 184 valence electrons. The van der Waals surface area contributed by atoms with E-state index < -0.39 is 5.79 Å². The first-order valence-electron chi connectivity index (χ1n) is 11.9. The molecule has 0 radical (unpaired) electrons. The van der Waals surface area contributed by atoms with Crippen molar-refractivity contribution in [3.05, 3.63) is 83.0 Å². The van der Waals surface area contributed by atoms with Crippen LogP contribution in [0.3, 0.4) is 0 Å². The monoisotopic (exact) mass is 501 g/mol. The number of carbonyl (C=O) groups excluding carboxylic acids is 1. The summed E-state index contributed by atoms with van der Waals surface area (Å²) in [7, 11) is 0. The van der Waals surface area contributed by atoms with Crippen molar-refractivity contribution in [1.29, 1.82) is 0 Å². The first kappa shape index (κ1) is 23.9. The second kappa shape index (κ2) is 9.03. The van der Waals surface area contributed by atoms with Crippen LogP contribution in [0.1, 0.15) is 44.7 Å². The summed E-state index contributed by atoms with van der Waals surface area (Å²) >= 11 is 6.11. The van der Waals surface area contributed by atoms with E-state index in [2.05, 4.69) is 24.3 Å². The number of benzene rings is 3. The third kappa shape index (κ3) is 4.69. The predicted octanol–water partition coefficient (Wildman–Crippen LogP) is 7.89. The smallest absolute Gasteiger partial charge is 0.346 e. The molecule has 1 aliphatic heterocycles. The third-order valence-corrected chi connectivity index (χ3v) is 6.31. The van der Waals surface area contributed by atoms with Crippen LogP contribution >= 0.6 is 11.6 Å². The Labute approximate surface area is 215 Å². The molecule has 0 spiro atoms. The topological polar surface area (TPSA) is 65.4 Å². The Balaban J connectivity index is 1.52. The number of nitrogens with one attached hydrogen (secondary N) is 1. The van der Waals surface area contributed by atoms with E-state index in [9.17, 15) is 4.79 Å². The van der Waals surface area contributed by atoms with Crippen LogP contribution in [-0.2, 0) is 0 Å². The number of hydrogen-bond acceptors (Lipinski definition) is 4. The highest BCUT2D eigenvalue weighted by Crippen LogP contribution is 2.46. The molecule has 0 aliphatic carbocycles. The Hall–Kier alpha value is -3.77. The summed E-state index contributed by atoms with van der Waals surface area (Å²) in [6.45, 7) is 9.92. The number of halogens is 1. The molecule has 1 aliphatic rings. The molecule has 5 rings (SSSR count). The minimum absolute atomic E-state index is 0.183. The molecule has 4 aromatic rings. The number of fused-ring (bicyclic) bond motifs is 1. The Kier molecular flexibility index (Phi) is 6.00. The summed E-state index contributed by atoms with van der Waals surface area (Å²) in [5, 5.41) is 8.30. The average molecular weight is 502 g/mol. The standard InChI is InChI=1S/C29H28ClN3O3/c1-17(2)23-14-22(15-25-27(23)36-29(4,5)35-25)31-28(34)33-16-24(19-10-12-21(30)13-11-19)26(32-33)20-8-6-18(3)7-9-20/h6-17H,1-5H3,(H,31,34). The van der Waals surface area contributed by atoms with Crippen molar-refractivity contribution in [2.75, 3.05) is 5.32 Å². The fourth-order valence-electron chi connectivity index (χ4n) is 4.27. The summed E-state index contributed by atoms with van der Waals surface area (Å²) in [4.78, 5) is 13.4. The van der Waals surface area contributed by atoms with Crippen molar-refractivity contribution in [3.8, 4) is 33.9 Å². The Morgan fingerprint density at radius 3 is 2.33 bits per heavy atom. The fourth-order valence-corrected chi connectivity index (χ4v) is 4.39. The lowest BCUT2D eigenvalue weighted by molar-refractivity contribution is -0.0435. The molecule has 6 nitrogen and oxygen atoms in total. The van der Waals surface area contributed by atoms with Gasteiger partial charge in [-0.3, -0.25) is 0 Å². The van der Waals surface area contributed by atoms with Gasteiger partial charge in [0.2, 0.25) is 5.79 Å². The third-order valence-electron chi connectivity index (χ3n) is 6.06. The van der Waals surface area contributed by atoms with Crippen molar-refractivity contribution < 1.29 is 14.3 Å².